The molecule has 0 saturated carbocycles. The topological polar surface area (TPSA) is 93.5 Å². The van der Waals surface area contributed by atoms with Crippen LogP contribution >= 0.6 is 0 Å². The Morgan fingerprint density at radius 2 is 2.32 bits per heavy atom. The Morgan fingerprint density at radius 3 is 3.05 bits per heavy atom. The lowest BCUT2D eigenvalue weighted by molar-refractivity contribution is -0.136. The largest absolute Gasteiger partial charge is 0.466 e. The molecule has 7 nitrogen and oxygen atoms in total. The summed E-state index contributed by atoms with van der Waals surface area (Å²) < 4.78 is 15.1. The minimum atomic E-state index is -0.537. The lowest BCUT2D eigenvalue weighted by Gasteiger charge is -2.03. The number of carbonyl (C=O) groups is 1. The van der Waals surface area contributed by atoms with Crippen LogP contribution in [0.5, 0.6) is 11.5 Å². The van der Waals surface area contributed by atoms with E-state index in [9.17, 15) is 4.79 Å². The Bertz CT molecular complexity index is 576. The van der Waals surface area contributed by atoms with Crippen molar-refractivity contribution in [1.29, 1.82) is 0 Å². The quantitative estimate of drug-likeness (QED) is 0.273. The van der Waals surface area contributed by atoms with Crippen molar-refractivity contribution in [2.24, 2.45) is 5.11 Å². The van der Waals surface area contributed by atoms with Crippen LogP contribution in [-0.2, 0) is 9.53 Å². The summed E-state index contributed by atoms with van der Waals surface area (Å²) in [5.74, 6) is 0.735. The average molecular weight is 261 g/mol. The Hall–Kier alpha value is -2.66. The number of rotatable bonds is 4. The molecule has 0 N–H and O–H groups in total. The van der Waals surface area contributed by atoms with E-state index in [0.717, 1.165) is 5.56 Å². The zero-order valence-corrected chi connectivity index (χ0v) is 10.2. The molecule has 19 heavy (non-hydrogen) atoms. The van der Waals surface area contributed by atoms with Crippen molar-refractivity contribution in [2.45, 2.75) is 0 Å². The average Bonchev–Trinajstić information content (AvgIpc) is 2.90. The van der Waals surface area contributed by atoms with Gasteiger partial charge < -0.3 is 14.2 Å². The van der Waals surface area contributed by atoms with E-state index in [1.807, 2.05) is 0 Å². The molecule has 0 aromatic heterocycles. The van der Waals surface area contributed by atoms with Gasteiger partial charge in [-0.05, 0) is 29.3 Å². The van der Waals surface area contributed by atoms with E-state index in [1.165, 1.54) is 7.11 Å². The van der Waals surface area contributed by atoms with Gasteiger partial charge >= 0.3 is 5.97 Å². The molecular weight excluding hydrogens is 250 g/mol. The second-order valence-electron chi connectivity index (χ2n) is 3.66. The van der Waals surface area contributed by atoms with Crippen molar-refractivity contribution in [1.82, 2.24) is 0 Å². The minimum Gasteiger partial charge on any atom is -0.466 e. The van der Waals surface area contributed by atoms with Gasteiger partial charge in [0.25, 0.3) is 0 Å². The van der Waals surface area contributed by atoms with Crippen LogP contribution < -0.4 is 9.47 Å². The van der Waals surface area contributed by atoms with Gasteiger partial charge in [0.1, 0.15) is 0 Å². The number of esters is 1. The highest BCUT2D eigenvalue weighted by Gasteiger charge is 2.14. The third-order valence-electron chi connectivity index (χ3n) is 2.49. The van der Waals surface area contributed by atoms with E-state index in [1.54, 1.807) is 24.3 Å². The van der Waals surface area contributed by atoms with E-state index in [2.05, 4.69) is 14.8 Å². The molecule has 1 aromatic rings. The highest BCUT2D eigenvalue weighted by molar-refractivity contribution is 5.94. The summed E-state index contributed by atoms with van der Waals surface area (Å²) in [6.45, 7) is 0.114. The van der Waals surface area contributed by atoms with Crippen LogP contribution in [0.2, 0.25) is 0 Å². The van der Waals surface area contributed by atoms with Crippen LogP contribution in [0.15, 0.2) is 28.9 Å². The second kappa shape index (κ2) is 5.79. The molecule has 7 heteroatoms. The second-order valence-corrected chi connectivity index (χ2v) is 3.66. The van der Waals surface area contributed by atoms with Crippen molar-refractivity contribution in [3.05, 3.63) is 39.8 Å². The van der Waals surface area contributed by atoms with Crippen LogP contribution in [0.4, 0.5) is 0 Å². The Labute approximate surface area is 109 Å². The first-order chi connectivity index (χ1) is 9.24. The van der Waals surface area contributed by atoms with Gasteiger partial charge in [0.05, 0.1) is 13.7 Å². The molecule has 0 bridgehead atoms. The van der Waals surface area contributed by atoms with Gasteiger partial charge in [0.2, 0.25) is 6.79 Å². The summed E-state index contributed by atoms with van der Waals surface area (Å²) in [6, 6.07) is 5.25. The lowest BCUT2D eigenvalue weighted by Crippen LogP contribution is -2.07. The zero-order valence-electron chi connectivity index (χ0n) is 10.2. The molecule has 0 fully saturated rings. The van der Waals surface area contributed by atoms with Gasteiger partial charge in [-0.25, -0.2) is 4.79 Å². The third-order valence-corrected chi connectivity index (χ3v) is 2.49. The van der Waals surface area contributed by atoms with Crippen molar-refractivity contribution in [2.75, 3.05) is 20.4 Å². The van der Waals surface area contributed by atoms with Gasteiger partial charge in [-0.15, -0.1) is 0 Å². The smallest absolute Gasteiger partial charge is 0.333 e. The standard InChI is InChI=1S/C12H11N3O4/c1-17-12(16)9(6-14-15-13)4-8-2-3-10-11(5-8)19-7-18-10/h2-5H,6-7H2,1H3/b9-4+. The highest BCUT2D eigenvalue weighted by atomic mass is 16.7. The van der Waals surface area contributed by atoms with Crippen LogP contribution in [0.1, 0.15) is 5.56 Å². The fraction of sp³-hybridized carbons (Fsp3) is 0.250. The summed E-state index contributed by atoms with van der Waals surface area (Å²) in [5, 5.41) is 3.37. The number of benzene rings is 1. The maximum Gasteiger partial charge on any atom is 0.333 e. The van der Waals surface area contributed by atoms with E-state index in [4.69, 9.17) is 15.0 Å². The highest BCUT2D eigenvalue weighted by Crippen LogP contribution is 2.33. The van der Waals surface area contributed by atoms with E-state index < -0.39 is 5.97 Å². The third kappa shape index (κ3) is 2.97. The first kappa shape index (κ1) is 12.8. The number of fused-ring (bicyclic) bond motifs is 1. The predicted octanol–water partition coefficient (Wildman–Crippen LogP) is 2.28. The van der Waals surface area contributed by atoms with E-state index >= 15 is 0 Å². The van der Waals surface area contributed by atoms with Crippen molar-refractivity contribution in [3.63, 3.8) is 0 Å². The first-order valence-electron chi connectivity index (χ1n) is 5.44. The molecule has 0 radical (unpaired) electrons. The van der Waals surface area contributed by atoms with Crippen molar-refractivity contribution in [3.8, 4) is 11.5 Å². The molecule has 0 amide bonds. The normalized spacial score (nSPS) is 12.8. The Balaban J connectivity index is 2.29. The minimum absolute atomic E-state index is 0.0718. The molecule has 1 aromatic carbocycles. The Kier molecular flexibility index (Phi) is 3.90. The van der Waals surface area contributed by atoms with Gasteiger partial charge in [-0.1, -0.05) is 11.2 Å². The first-order valence-corrected chi connectivity index (χ1v) is 5.44. The lowest BCUT2D eigenvalue weighted by atomic mass is 10.1. The zero-order chi connectivity index (χ0) is 13.7. The molecule has 0 spiro atoms. The molecule has 1 aliphatic rings. The molecule has 0 unspecified atom stereocenters. The maximum atomic E-state index is 11.5. The van der Waals surface area contributed by atoms with Gasteiger partial charge in [0.15, 0.2) is 11.5 Å². The monoisotopic (exact) mass is 261 g/mol. The summed E-state index contributed by atoms with van der Waals surface area (Å²) in [7, 11) is 1.27. The SMILES string of the molecule is COC(=O)/C(=C/c1ccc2c(c1)OCO2)CN=[N+]=[N-]. The number of hydrogen-bond donors (Lipinski definition) is 0. The number of hydrogen-bond acceptors (Lipinski definition) is 5. The van der Waals surface area contributed by atoms with Crippen LogP contribution in [0, 0.1) is 0 Å². The summed E-state index contributed by atoms with van der Waals surface area (Å²) in [4.78, 5) is 14.1. The Morgan fingerprint density at radius 1 is 1.53 bits per heavy atom. The summed E-state index contributed by atoms with van der Waals surface area (Å²) in [5.41, 5.74) is 9.30. The number of methoxy groups -OCH3 is 1. The van der Waals surface area contributed by atoms with Crippen molar-refractivity contribution >= 4 is 12.0 Å². The van der Waals surface area contributed by atoms with Gasteiger partial charge in [-0.3, -0.25) is 0 Å². The molecular formula is C12H11N3O4. The fourth-order valence-corrected chi connectivity index (χ4v) is 1.61. The van der Waals surface area contributed by atoms with Gasteiger partial charge in [0, 0.05) is 10.5 Å². The molecule has 0 atom stereocenters. The van der Waals surface area contributed by atoms with E-state index in [-0.39, 0.29) is 18.9 Å². The number of ether oxygens (including phenoxy) is 3. The molecule has 0 saturated heterocycles. The molecule has 0 aliphatic carbocycles. The van der Waals surface area contributed by atoms with Crippen LogP contribution in [0.25, 0.3) is 16.5 Å². The predicted molar refractivity (Wildman–Crippen MR) is 66.6 cm³/mol. The number of carbonyl (C=O) groups excluding carboxylic acids is 1. The number of nitrogens with zero attached hydrogens (tertiary/aromatic N) is 3. The summed E-state index contributed by atoms with van der Waals surface area (Å²) >= 11 is 0. The molecule has 1 aliphatic heterocycles. The fourth-order valence-electron chi connectivity index (χ4n) is 1.61. The van der Waals surface area contributed by atoms with Crippen molar-refractivity contribution < 1.29 is 19.0 Å². The van der Waals surface area contributed by atoms with E-state index in [0.29, 0.717) is 11.5 Å². The van der Waals surface area contributed by atoms with Crippen LogP contribution in [0.3, 0.4) is 0 Å². The molecule has 98 valence electrons. The number of azide groups is 1. The van der Waals surface area contributed by atoms with Gasteiger partial charge in [-0.2, -0.15) is 0 Å². The maximum absolute atomic E-state index is 11.5. The molecule has 2 rings (SSSR count). The van der Waals surface area contributed by atoms with Crippen LogP contribution in [-0.4, -0.2) is 26.4 Å². The molecule has 1 heterocycles. The summed E-state index contributed by atoms with van der Waals surface area (Å²) in [6.07, 6.45) is 1.59.